The summed E-state index contributed by atoms with van der Waals surface area (Å²) < 4.78 is 0. The SMILES string of the molecule is CCN(Cc1ccncc1)C(=O)C1(C#N)CCC1. The van der Waals surface area contributed by atoms with Crippen LogP contribution >= 0.6 is 0 Å². The van der Waals surface area contributed by atoms with E-state index in [0.717, 1.165) is 12.0 Å². The lowest BCUT2D eigenvalue weighted by molar-refractivity contribution is -0.143. The largest absolute Gasteiger partial charge is 0.337 e. The highest BCUT2D eigenvalue weighted by molar-refractivity contribution is 5.86. The van der Waals surface area contributed by atoms with E-state index in [9.17, 15) is 10.1 Å². The van der Waals surface area contributed by atoms with Crippen LogP contribution in [-0.2, 0) is 11.3 Å². The third-order valence-electron chi connectivity index (χ3n) is 3.62. The zero-order valence-electron chi connectivity index (χ0n) is 10.6. The van der Waals surface area contributed by atoms with E-state index in [2.05, 4.69) is 11.1 Å². The van der Waals surface area contributed by atoms with E-state index in [-0.39, 0.29) is 5.91 Å². The summed E-state index contributed by atoms with van der Waals surface area (Å²) in [6, 6.07) is 6.01. The van der Waals surface area contributed by atoms with Crippen LogP contribution in [0, 0.1) is 16.7 Å². The Balaban J connectivity index is 2.10. The molecule has 1 aliphatic rings. The molecule has 1 aromatic heterocycles. The van der Waals surface area contributed by atoms with E-state index in [1.807, 2.05) is 19.1 Å². The molecule has 0 aliphatic heterocycles. The Morgan fingerprint density at radius 1 is 1.50 bits per heavy atom. The summed E-state index contributed by atoms with van der Waals surface area (Å²) in [6.45, 7) is 3.13. The Kier molecular flexibility index (Phi) is 3.61. The summed E-state index contributed by atoms with van der Waals surface area (Å²) >= 11 is 0. The highest BCUT2D eigenvalue weighted by atomic mass is 16.2. The second-order valence-electron chi connectivity index (χ2n) is 4.72. The predicted octanol–water partition coefficient (Wildman–Crippen LogP) is 2.12. The number of rotatable bonds is 4. The van der Waals surface area contributed by atoms with Crippen molar-refractivity contribution in [1.29, 1.82) is 5.26 Å². The van der Waals surface area contributed by atoms with Crippen molar-refractivity contribution in [2.45, 2.75) is 32.7 Å². The van der Waals surface area contributed by atoms with Gasteiger partial charge in [0, 0.05) is 25.5 Å². The molecule has 2 rings (SSSR count). The summed E-state index contributed by atoms with van der Waals surface area (Å²) in [4.78, 5) is 18.1. The molecule has 1 saturated carbocycles. The van der Waals surface area contributed by atoms with Crippen LogP contribution in [0.25, 0.3) is 0 Å². The van der Waals surface area contributed by atoms with Gasteiger partial charge in [-0.2, -0.15) is 5.26 Å². The first-order chi connectivity index (χ1) is 8.72. The first-order valence-corrected chi connectivity index (χ1v) is 6.31. The second kappa shape index (κ2) is 5.18. The molecule has 1 aliphatic carbocycles. The van der Waals surface area contributed by atoms with Crippen molar-refractivity contribution in [2.75, 3.05) is 6.54 Å². The minimum absolute atomic E-state index is 0.0180. The van der Waals surface area contributed by atoms with Crippen LogP contribution in [-0.4, -0.2) is 22.3 Å². The van der Waals surface area contributed by atoms with Crippen molar-refractivity contribution in [3.8, 4) is 6.07 Å². The summed E-state index contributed by atoms with van der Waals surface area (Å²) in [5.41, 5.74) is 0.302. The van der Waals surface area contributed by atoms with Gasteiger partial charge in [0.25, 0.3) is 0 Å². The number of nitriles is 1. The Hall–Kier alpha value is -1.89. The van der Waals surface area contributed by atoms with Crippen molar-refractivity contribution in [2.24, 2.45) is 5.41 Å². The van der Waals surface area contributed by atoms with Crippen molar-refractivity contribution in [1.82, 2.24) is 9.88 Å². The number of hydrogen-bond acceptors (Lipinski definition) is 3. The van der Waals surface area contributed by atoms with E-state index in [4.69, 9.17) is 0 Å². The van der Waals surface area contributed by atoms with Crippen LogP contribution in [0.3, 0.4) is 0 Å². The maximum Gasteiger partial charge on any atom is 0.243 e. The fourth-order valence-corrected chi connectivity index (χ4v) is 2.24. The molecule has 0 radical (unpaired) electrons. The highest BCUT2D eigenvalue weighted by Crippen LogP contribution is 2.42. The number of nitrogens with zero attached hydrogens (tertiary/aromatic N) is 3. The molecule has 1 amide bonds. The van der Waals surface area contributed by atoms with E-state index in [1.165, 1.54) is 0 Å². The minimum Gasteiger partial charge on any atom is -0.337 e. The van der Waals surface area contributed by atoms with Gasteiger partial charge in [-0.3, -0.25) is 9.78 Å². The Labute approximate surface area is 107 Å². The topological polar surface area (TPSA) is 57.0 Å². The van der Waals surface area contributed by atoms with Gasteiger partial charge in [0.05, 0.1) is 6.07 Å². The van der Waals surface area contributed by atoms with Gasteiger partial charge in [-0.25, -0.2) is 0 Å². The first kappa shape index (κ1) is 12.6. The summed E-state index contributed by atoms with van der Waals surface area (Å²) in [5, 5.41) is 9.21. The monoisotopic (exact) mass is 243 g/mol. The van der Waals surface area contributed by atoms with Gasteiger partial charge >= 0.3 is 0 Å². The number of amides is 1. The highest BCUT2D eigenvalue weighted by Gasteiger charge is 2.46. The van der Waals surface area contributed by atoms with Gasteiger partial charge in [0.1, 0.15) is 5.41 Å². The summed E-state index contributed by atoms with van der Waals surface area (Å²) in [7, 11) is 0. The lowest BCUT2D eigenvalue weighted by Crippen LogP contribution is -2.46. The molecule has 1 fully saturated rings. The molecule has 0 aromatic carbocycles. The van der Waals surface area contributed by atoms with Crippen LogP contribution in [0.4, 0.5) is 0 Å². The van der Waals surface area contributed by atoms with Crippen molar-refractivity contribution in [3.05, 3.63) is 30.1 Å². The van der Waals surface area contributed by atoms with E-state index < -0.39 is 5.41 Å². The molecule has 1 heterocycles. The van der Waals surface area contributed by atoms with Gasteiger partial charge in [-0.1, -0.05) is 0 Å². The molecule has 0 atom stereocenters. The number of hydrogen-bond donors (Lipinski definition) is 0. The molecule has 0 spiro atoms. The molecule has 0 bridgehead atoms. The van der Waals surface area contributed by atoms with E-state index in [1.54, 1.807) is 17.3 Å². The molecule has 1 aromatic rings. The molecule has 4 nitrogen and oxygen atoms in total. The average molecular weight is 243 g/mol. The van der Waals surface area contributed by atoms with Crippen LogP contribution in [0.5, 0.6) is 0 Å². The van der Waals surface area contributed by atoms with Crippen LogP contribution < -0.4 is 0 Å². The molecular weight excluding hydrogens is 226 g/mol. The smallest absolute Gasteiger partial charge is 0.243 e. The zero-order chi connectivity index (χ0) is 13.0. The predicted molar refractivity (Wildman–Crippen MR) is 67.2 cm³/mol. The quantitative estimate of drug-likeness (QED) is 0.814. The molecule has 0 unspecified atom stereocenters. The first-order valence-electron chi connectivity index (χ1n) is 6.31. The molecule has 18 heavy (non-hydrogen) atoms. The summed E-state index contributed by atoms with van der Waals surface area (Å²) in [6.07, 6.45) is 5.82. The van der Waals surface area contributed by atoms with Crippen molar-refractivity contribution in [3.63, 3.8) is 0 Å². The lowest BCUT2D eigenvalue weighted by Gasteiger charge is -2.37. The Morgan fingerprint density at radius 3 is 2.61 bits per heavy atom. The van der Waals surface area contributed by atoms with Gasteiger partial charge in [0.2, 0.25) is 5.91 Å². The van der Waals surface area contributed by atoms with Gasteiger partial charge in [0.15, 0.2) is 0 Å². The van der Waals surface area contributed by atoms with Crippen molar-refractivity contribution < 1.29 is 4.79 Å². The minimum atomic E-state index is -0.747. The Bertz CT molecular complexity index is 460. The van der Waals surface area contributed by atoms with Gasteiger partial charge in [-0.15, -0.1) is 0 Å². The fraction of sp³-hybridized carbons (Fsp3) is 0.500. The van der Waals surface area contributed by atoms with Crippen LogP contribution in [0.1, 0.15) is 31.7 Å². The Morgan fingerprint density at radius 2 is 2.17 bits per heavy atom. The average Bonchev–Trinajstić information content (AvgIpc) is 2.36. The number of pyridine rings is 1. The molecule has 0 saturated heterocycles. The van der Waals surface area contributed by atoms with Gasteiger partial charge < -0.3 is 4.90 Å². The van der Waals surface area contributed by atoms with Crippen LogP contribution in [0.15, 0.2) is 24.5 Å². The molecule has 4 heteroatoms. The normalized spacial score (nSPS) is 16.4. The fourth-order valence-electron chi connectivity index (χ4n) is 2.24. The van der Waals surface area contributed by atoms with E-state index in [0.29, 0.717) is 25.9 Å². The maximum atomic E-state index is 12.4. The standard InChI is InChI=1S/C14H17N3O/c1-2-17(10-12-4-8-16-9-5-12)13(18)14(11-15)6-3-7-14/h4-5,8-9H,2-3,6-7,10H2,1H3. The maximum absolute atomic E-state index is 12.4. The second-order valence-corrected chi connectivity index (χ2v) is 4.72. The van der Waals surface area contributed by atoms with Crippen molar-refractivity contribution >= 4 is 5.91 Å². The molecule has 0 N–H and O–H groups in total. The molecular formula is C14H17N3O. The van der Waals surface area contributed by atoms with Gasteiger partial charge in [-0.05, 0) is 43.9 Å². The number of aromatic nitrogens is 1. The number of carbonyl (C=O) groups excluding carboxylic acids is 1. The van der Waals surface area contributed by atoms with Crippen LogP contribution in [0.2, 0.25) is 0 Å². The third kappa shape index (κ3) is 2.21. The molecule has 94 valence electrons. The number of carbonyl (C=O) groups is 1. The lowest BCUT2D eigenvalue weighted by atomic mass is 9.69. The zero-order valence-corrected chi connectivity index (χ0v) is 10.6. The third-order valence-corrected chi connectivity index (χ3v) is 3.62. The van der Waals surface area contributed by atoms with E-state index >= 15 is 0 Å². The summed E-state index contributed by atoms with van der Waals surface area (Å²) in [5.74, 6) is -0.0180.